The van der Waals surface area contributed by atoms with Crippen LogP contribution >= 0.6 is 0 Å². The number of carbonyl (C=O) groups excluding carboxylic acids is 2. The Morgan fingerprint density at radius 3 is 2.95 bits per heavy atom. The molecule has 0 aromatic carbocycles. The monoisotopic (exact) mass is 299 g/mol. The number of aryl methyl sites for hydroxylation is 1. The highest BCUT2D eigenvalue weighted by Crippen LogP contribution is 2.18. The summed E-state index contributed by atoms with van der Waals surface area (Å²) in [5.41, 5.74) is 2.13. The zero-order valence-electron chi connectivity index (χ0n) is 12.2. The average molecular weight is 299 g/mol. The third-order valence-corrected chi connectivity index (χ3v) is 3.63. The first-order valence-corrected chi connectivity index (χ1v) is 7.16. The highest BCUT2D eigenvalue weighted by molar-refractivity contribution is 5.98. The van der Waals surface area contributed by atoms with Gasteiger partial charge in [0, 0.05) is 43.3 Å². The highest BCUT2D eigenvalue weighted by Gasteiger charge is 2.24. The second kappa shape index (κ2) is 5.97. The molecule has 1 saturated heterocycles. The van der Waals surface area contributed by atoms with Crippen molar-refractivity contribution in [2.75, 3.05) is 6.54 Å². The first-order chi connectivity index (χ1) is 10.6. The molecule has 1 aliphatic rings. The van der Waals surface area contributed by atoms with Crippen molar-refractivity contribution in [2.24, 2.45) is 7.05 Å². The van der Waals surface area contributed by atoms with Gasteiger partial charge < -0.3 is 10.6 Å². The van der Waals surface area contributed by atoms with Crippen LogP contribution in [0.2, 0.25) is 0 Å². The van der Waals surface area contributed by atoms with Gasteiger partial charge in [-0.25, -0.2) is 0 Å². The molecule has 0 saturated carbocycles. The molecule has 0 spiro atoms. The molecule has 0 bridgehead atoms. The Hall–Kier alpha value is -2.70. The summed E-state index contributed by atoms with van der Waals surface area (Å²) in [4.78, 5) is 28.1. The van der Waals surface area contributed by atoms with Crippen molar-refractivity contribution in [3.63, 3.8) is 0 Å². The molecule has 3 rings (SSSR count). The van der Waals surface area contributed by atoms with Gasteiger partial charge in [0.25, 0.3) is 5.91 Å². The normalized spacial score (nSPS) is 17.9. The summed E-state index contributed by atoms with van der Waals surface area (Å²) in [6.07, 6.45) is 8.27. The number of carbonyl (C=O) groups is 2. The fraction of sp³-hybridized carbons (Fsp3) is 0.333. The van der Waals surface area contributed by atoms with Crippen molar-refractivity contribution < 1.29 is 9.59 Å². The van der Waals surface area contributed by atoms with E-state index in [0.717, 1.165) is 17.5 Å². The van der Waals surface area contributed by atoms with Crippen LogP contribution in [-0.2, 0) is 11.8 Å². The largest absolute Gasteiger partial charge is 0.354 e. The number of rotatable bonds is 3. The molecule has 114 valence electrons. The minimum atomic E-state index is -0.469. The van der Waals surface area contributed by atoms with Gasteiger partial charge in [0.05, 0.1) is 11.8 Å². The molecule has 0 aliphatic carbocycles. The van der Waals surface area contributed by atoms with Gasteiger partial charge in [-0.3, -0.25) is 19.3 Å². The topological polar surface area (TPSA) is 88.9 Å². The van der Waals surface area contributed by atoms with Gasteiger partial charge >= 0.3 is 0 Å². The maximum atomic E-state index is 12.3. The molecular weight excluding hydrogens is 282 g/mol. The molecule has 2 N–H and O–H groups in total. The molecule has 1 fully saturated rings. The lowest BCUT2D eigenvalue weighted by atomic mass is 10.1. The summed E-state index contributed by atoms with van der Waals surface area (Å²) in [7, 11) is 1.83. The van der Waals surface area contributed by atoms with E-state index in [9.17, 15) is 9.59 Å². The van der Waals surface area contributed by atoms with Crippen molar-refractivity contribution in [1.82, 2.24) is 25.4 Å². The Morgan fingerprint density at radius 1 is 1.36 bits per heavy atom. The zero-order chi connectivity index (χ0) is 15.5. The molecule has 7 nitrogen and oxygen atoms in total. The van der Waals surface area contributed by atoms with Crippen molar-refractivity contribution in [2.45, 2.75) is 18.9 Å². The van der Waals surface area contributed by atoms with E-state index in [0.29, 0.717) is 18.5 Å². The molecule has 0 radical (unpaired) electrons. The second-order valence-electron chi connectivity index (χ2n) is 5.32. The van der Waals surface area contributed by atoms with Crippen molar-refractivity contribution >= 4 is 11.8 Å². The molecule has 1 aliphatic heterocycles. The Balaban J connectivity index is 1.76. The fourth-order valence-electron chi connectivity index (χ4n) is 2.44. The van der Waals surface area contributed by atoms with Gasteiger partial charge in [-0.05, 0) is 18.9 Å². The van der Waals surface area contributed by atoms with E-state index in [1.807, 2.05) is 13.2 Å². The highest BCUT2D eigenvalue weighted by atomic mass is 16.2. The van der Waals surface area contributed by atoms with E-state index >= 15 is 0 Å². The van der Waals surface area contributed by atoms with Crippen LogP contribution in [0.3, 0.4) is 0 Å². The minimum absolute atomic E-state index is 0.129. The fourth-order valence-corrected chi connectivity index (χ4v) is 2.44. The Labute approximate surface area is 127 Å². The Bertz CT molecular complexity index is 709. The second-order valence-corrected chi connectivity index (χ2v) is 5.32. The summed E-state index contributed by atoms with van der Waals surface area (Å²) < 4.78 is 1.69. The first kappa shape index (κ1) is 14.2. The lowest BCUT2D eigenvalue weighted by Crippen LogP contribution is -2.50. The molecule has 2 amide bonds. The quantitative estimate of drug-likeness (QED) is 0.863. The summed E-state index contributed by atoms with van der Waals surface area (Å²) in [6, 6.07) is 1.28. The number of hydrogen-bond acceptors (Lipinski definition) is 4. The molecule has 0 unspecified atom stereocenters. The van der Waals surface area contributed by atoms with E-state index in [2.05, 4.69) is 20.7 Å². The third-order valence-electron chi connectivity index (χ3n) is 3.63. The van der Waals surface area contributed by atoms with Crippen LogP contribution in [0.5, 0.6) is 0 Å². The molecule has 3 heterocycles. The maximum absolute atomic E-state index is 12.3. The standard InChI is InChI=1S/C15H17N5O2/c1-20-9-12(8-18-20)10-5-11(7-16-6-10)14(21)19-13-3-2-4-17-15(13)22/h5-9,13H,2-4H2,1H3,(H,17,22)(H,19,21)/t13-/m0/s1. The number of amides is 2. The SMILES string of the molecule is Cn1cc(-c2cncc(C(=O)N[C@H]3CCCNC3=O)c2)cn1. The lowest BCUT2D eigenvalue weighted by molar-refractivity contribution is -0.124. The molecular formula is C15H17N5O2. The molecule has 2 aromatic heterocycles. The van der Waals surface area contributed by atoms with E-state index < -0.39 is 6.04 Å². The van der Waals surface area contributed by atoms with Crippen LogP contribution in [0.15, 0.2) is 30.9 Å². The number of nitrogens with one attached hydrogen (secondary N) is 2. The van der Waals surface area contributed by atoms with Gasteiger partial charge in [-0.2, -0.15) is 5.10 Å². The molecule has 7 heteroatoms. The van der Waals surface area contributed by atoms with Crippen LogP contribution in [0, 0.1) is 0 Å². The van der Waals surface area contributed by atoms with Crippen LogP contribution in [0.1, 0.15) is 23.2 Å². The first-order valence-electron chi connectivity index (χ1n) is 7.16. The van der Waals surface area contributed by atoms with Crippen LogP contribution in [-0.4, -0.2) is 39.2 Å². The molecule has 1 atom stereocenters. The summed E-state index contributed by atoms with van der Waals surface area (Å²) in [5.74, 6) is -0.420. The molecule has 2 aromatic rings. The number of aromatic nitrogens is 3. The predicted octanol–water partition coefficient (Wildman–Crippen LogP) is 0.490. The summed E-state index contributed by atoms with van der Waals surface area (Å²) in [5, 5.41) is 9.61. The van der Waals surface area contributed by atoms with Crippen molar-refractivity contribution in [1.29, 1.82) is 0 Å². The number of pyridine rings is 1. The van der Waals surface area contributed by atoms with Gasteiger partial charge in [-0.1, -0.05) is 0 Å². The third kappa shape index (κ3) is 2.98. The predicted molar refractivity (Wildman–Crippen MR) is 79.9 cm³/mol. The number of piperidine rings is 1. The maximum Gasteiger partial charge on any atom is 0.253 e. The van der Waals surface area contributed by atoms with Gasteiger partial charge in [0.2, 0.25) is 5.91 Å². The molecule has 22 heavy (non-hydrogen) atoms. The smallest absolute Gasteiger partial charge is 0.253 e. The average Bonchev–Trinajstić information content (AvgIpc) is 2.96. The Morgan fingerprint density at radius 2 is 2.23 bits per heavy atom. The van der Waals surface area contributed by atoms with E-state index in [1.54, 1.807) is 23.1 Å². The van der Waals surface area contributed by atoms with Crippen molar-refractivity contribution in [3.05, 3.63) is 36.4 Å². The number of nitrogens with zero attached hydrogens (tertiary/aromatic N) is 3. The van der Waals surface area contributed by atoms with Gasteiger partial charge in [0.15, 0.2) is 0 Å². The van der Waals surface area contributed by atoms with E-state index in [1.165, 1.54) is 6.20 Å². The summed E-state index contributed by atoms with van der Waals surface area (Å²) in [6.45, 7) is 0.670. The number of hydrogen-bond donors (Lipinski definition) is 2. The lowest BCUT2D eigenvalue weighted by Gasteiger charge is -2.22. The van der Waals surface area contributed by atoms with Crippen molar-refractivity contribution in [3.8, 4) is 11.1 Å². The van der Waals surface area contributed by atoms with Gasteiger partial charge in [0.1, 0.15) is 6.04 Å². The summed E-state index contributed by atoms with van der Waals surface area (Å²) >= 11 is 0. The van der Waals surface area contributed by atoms with Crippen LogP contribution in [0.4, 0.5) is 0 Å². The van der Waals surface area contributed by atoms with Crippen LogP contribution < -0.4 is 10.6 Å². The minimum Gasteiger partial charge on any atom is -0.354 e. The van der Waals surface area contributed by atoms with Crippen LogP contribution in [0.25, 0.3) is 11.1 Å². The zero-order valence-corrected chi connectivity index (χ0v) is 12.2. The van der Waals surface area contributed by atoms with E-state index in [-0.39, 0.29) is 11.8 Å². The van der Waals surface area contributed by atoms with E-state index in [4.69, 9.17) is 0 Å². The van der Waals surface area contributed by atoms with Gasteiger partial charge in [-0.15, -0.1) is 0 Å². The Kier molecular flexibility index (Phi) is 3.86.